The fourth-order valence-corrected chi connectivity index (χ4v) is 4.79. The number of para-hydroxylation sites is 2. The summed E-state index contributed by atoms with van der Waals surface area (Å²) >= 11 is 0. The Kier molecular flexibility index (Phi) is 10.2. The van der Waals surface area contributed by atoms with Gasteiger partial charge >= 0.3 is 0 Å². The molecule has 4 rings (SSSR count). The molecular formula is C33H39N3O3. The standard InChI is InChI=1S/C33H39N3O3/c1-4-12-26-18-19-30(31(23-26)38-3)39-22-21-36-29-16-10-9-15-28(29)35-32(36)17-6-5-11-20-34-33(37)24-27-14-8-7-13-25(27)2/h4,7-10,13-16,18-19,23H,1,5-6,11-12,17,20-22,24H2,2-3H3,(H,34,37). The first kappa shape index (κ1) is 28.0. The number of imidazole rings is 1. The number of carbonyl (C=O) groups is 1. The second kappa shape index (κ2) is 14.2. The molecule has 0 aliphatic carbocycles. The molecular weight excluding hydrogens is 486 g/mol. The Bertz CT molecular complexity index is 1390. The van der Waals surface area contributed by atoms with E-state index in [1.54, 1.807) is 7.11 Å². The maximum absolute atomic E-state index is 12.3. The minimum atomic E-state index is 0.0815. The van der Waals surface area contributed by atoms with Crippen LogP contribution in [0, 0.1) is 6.92 Å². The summed E-state index contributed by atoms with van der Waals surface area (Å²) in [5.74, 6) is 2.62. The summed E-state index contributed by atoms with van der Waals surface area (Å²) in [5.41, 5.74) is 5.50. The topological polar surface area (TPSA) is 65.4 Å². The molecule has 39 heavy (non-hydrogen) atoms. The normalized spacial score (nSPS) is 10.9. The number of allylic oxidation sites excluding steroid dienone is 1. The molecule has 0 spiro atoms. The maximum atomic E-state index is 12.3. The van der Waals surface area contributed by atoms with Gasteiger partial charge in [0.25, 0.3) is 0 Å². The highest BCUT2D eigenvalue weighted by molar-refractivity contribution is 5.78. The van der Waals surface area contributed by atoms with Gasteiger partial charge in [0.15, 0.2) is 11.5 Å². The average Bonchev–Trinajstić information content (AvgIpc) is 3.30. The van der Waals surface area contributed by atoms with Gasteiger partial charge in [-0.15, -0.1) is 6.58 Å². The Labute approximate surface area is 231 Å². The highest BCUT2D eigenvalue weighted by Crippen LogP contribution is 2.28. The van der Waals surface area contributed by atoms with Crippen LogP contribution in [-0.2, 0) is 30.6 Å². The molecule has 1 aromatic heterocycles. The van der Waals surface area contributed by atoms with Crippen LogP contribution < -0.4 is 14.8 Å². The molecule has 4 aromatic rings. The molecule has 0 unspecified atom stereocenters. The number of carbonyl (C=O) groups excluding carboxylic acids is 1. The summed E-state index contributed by atoms with van der Waals surface area (Å²) in [6, 6.07) is 22.3. The summed E-state index contributed by atoms with van der Waals surface area (Å²) in [4.78, 5) is 17.2. The molecule has 3 aromatic carbocycles. The van der Waals surface area contributed by atoms with E-state index in [-0.39, 0.29) is 5.91 Å². The molecule has 0 saturated carbocycles. The van der Waals surface area contributed by atoms with Crippen LogP contribution in [0.2, 0.25) is 0 Å². The van der Waals surface area contributed by atoms with Crippen molar-refractivity contribution in [2.45, 2.75) is 52.0 Å². The molecule has 204 valence electrons. The van der Waals surface area contributed by atoms with Gasteiger partial charge in [-0.1, -0.05) is 55.0 Å². The van der Waals surface area contributed by atoms with Crippen LogP contribution in [0.5, 0.6) is 11.5 Å². The van der Waals surface area contributed by atoms with Crippen LogP contribution in [-0.4, -0.2) is 35.7 Å². The van der Waals surface area contributed by atoms with Gasteiger partial charge in [0.2, 0.25) is 5.91 Å². The third-order valence-electron chi connectivity index (χ3n) is 6.93. The van der Waals surface area contributed by atoms with Crippen LogP contribution in [0.1, 0.15) is 41.8 Å². The molecule has 0 radical (unpaired) electrons. The summed E-state index contributed by atoms with van der Waals surface area (Å²) in [6.45, 7) is 7.75. The van der Waals surface area contributed by atoms with Crippen LogP contribution in [0.4, 0.5) is 0 Å². The average molecular weight is 526 g/mol. The van der Waals surface area contributed by atoms with Crippen LogP contribution in [0.3, 0.4) is 0 Å². The molecule has 6 heteroatoms. The van der Waals surface area contributed by atoms with E-state index in [9.17, 15) is 4.79 Å². The first-order chi connectivity index (χ1) is 19.1. The Morgan fingerprint density at radius 3 is 2.67 bits per heavy atom. The lowest BCUT2D eigenvalue weighted by Gasteiger charge is -2.14. The zero-order valence-electron chi connectivity index (χ0n) is 23.1. The molecule has 1 N–H and O–H groups in total. The molecule has 1 heterocycles. The van der Waals surface area contributed by atoms with Crippen molar-refractivity contribution in [3.63, 3.8) is 0 Å². The zero-order chi connectivity index (χ0) is 27.5. The van der Waals surface area contributed by atoms with Gasteiger partial charge in [-0.2, -0.15) is 0 Å². The summed E-state index contributed by atoms with van der Waals surface area (Å²) in [5, 5.41) is 3.06. The van der Waals surface area contributed by atoms with Crippen molar-refractivity contribution in [3.8, 4) is 11.5 Å². The molecule has 1 amide bonds. The number of nitrogens with one attached hydrogen (secondary N) is 1. The number of nitrogens with zero attached hydrogens (tertiary/aromatic N) is 2. The molecule has 0 fully saturated rings. The Balaban J connectivity index is 1.27. The number of hydrogen-bond acceptors (Lipinski definition) is 4. The van der Waals surface area contributed by atoms with E-state index in [0.29, 0.717) is 26.1 Å². The fourth-order valence-electron chi connectivity index (χ4n) is 4.79. The Morgan fingerprint density at radius 1 is 1.03 bits per heavy atom. The Morgan fingerprint density at radius 2 is 1.85 bits per heavy atom. The molecule has 0 aliphatic heterocycles. The third-order valence-corrected chi connectivity index (χ3v) is 6.93. The number of hydrogen-bond donors (Lipinski definition) is 1. The van der Waals surface area contributed by atoms with Crippen molar-refractivity contribution in [3.05, 3.63) is 102 Å². The van der Waals surface area contributed by atoms with Crippen molar-refractivity contribution in [1.82, 2.24) is 14.9 Å². The molecule has 6 nitrogen and oxygen atoms in total. The second-order valence-electron chi connectivity index (χ2n) is 9.76. The van der Waals surface area contributed by atoms with Crippen molar-refractivity contribution >= 4 is 16.9 Å². The van der Waals surface area contributed by atoms with Gasteiger partial charge in [-0.25, -0.2) is 4.98 Å². The number of benzene rings is 3. The lowest BCUT2D eigenvalue weighted by Crippen LogP contribution is -2.26. The van der Waals surface area contributed by atoms with Gasteiger partial charge in [-0.05, 0) is 67.1 Å². The number of methoxy groups -OCH3 is 1. The van der Waals surface area contributed by atoms with Gasteiger partial charge in [0.1, 0.15) is 12.4 Å². The van der Waals surface area contributed by atoms with Crippen molar-refractivity contribution in [1.29, 1.82) is 0 Å². The minimum absolute atomic E-state index is 0.0815. The number of aryl methyl sites for hydroxylation is 2. The minimum Gasteiger partial charge on any atom is -0.493 e. The highest BCUT2D eigenvalue weighted by Gasteiger charge is 2.12. The van der Waals surface area contributed by atoms with Gasteiger partial charge in [0, 0.05) is 13.0 Å². The number of fused-ring (bicyclic) bond motifs is 1. The second-order valence-corrected chi connectivity index (χ2v) is 9.76. The summed E-state index contributed by atoms with van der Waals surface area (Å²) < 4.78 is 13.9. The maximum Gasteiger partial charge on any atom is 0.224 e. The quantitative estimate of drug-likeness (QED) is 0.148. The monoisotopic (exact) mass is 525 g/mol. The van der Waals surface area contributed by atoms with E-state index in [0.717, 1.165) is 77.2 Å². The van der Waals surface area contributed by atoms with E-state index in [2.05, 4.69) is 28.6 Å². The molecule has 0 aliphatic rings. The summed E-state index contributed by atoms with van der Waals surface area (Å²) in [6.07, 6.45) is 6.97. The van der Waals surface area contributed by atoms with E-state index in [1.807, 2.05) is 67.6 Å². The lowest BCUT2D eigenvalue weighted by atomic mass is 10.1. The first-order valence-corrected chi connectivity index (χ1v) is 13.7. The predicted octanol–water partition coefficient (Wildman–Crippen LogP) is 6.23. The molecule has 0 bridgehead atoms. The SMILES string of the molecule is C=CCc1ccc(OCCn2c(CCCCCNC(=O)Cc3ccccc3C)nc3ccccc32)c(OC)c1. The van der Waals surface area contributed by atoms with Crippen molar-refractivity contribution in [2.75, 3.05) is 20.3 Å². The number of ether oxygens (including phenoxy) is 2. The smallest absolute Gasteiger partial charge is 0.224 e. The van der Waals surface area contributed by atoms with E-state index in [4.69, 9.17) is 14.5 Å². The van der Waals surface area contributed by atoms with Crippen LogP contribution in [0.25, 0.3) is 11.0 Å². The molecule has 0 saturated heterocycles. The van der Waals surface area contributed by atoms with Gasteiger partial charge in [-0.3, -0.25) is 4.79 Å². The van der Waals surface area contributed by atoms with Gasteiger partial charge < -0.3 is 19.4 Å². The largest absolute Gasteiger partial charge is 0.493 e. The third kappa shape index (κ3) is 7.73. The Hall–Kier alpha value is -4.06. The van der Waals surface area contributed by atoms with E-state index in [1.165, 1.54) is 0 Å². The fraction of sp³-hybridized carbons (Fsp3) is 0.333. The van der Waals surface area contributed by atoms with E-state index < -0.39 is 0 Å². The number of unbranched alkanes of at least 4 members (excludes halogenated alkanes) is 2. The zero-order valence-corrected chi connectivity index (χ0v) is 23.1. The van der Waals surface area contributed by atoms with Crippen LogP contribution >= 0.6 is 0 Å². The lowest BCUT2D eigenvalue weighted by molar-refractivity contribution is -0.120. The van der Waals surface area contributed by atoms with Crippen molar-refractivity contribution in [2.24, 2.45) is 0 Å². The van der Waals surface area contributed by atoms with Crippen LogP contribution in [0.15, 0.2) is 79.4 Å². The van der Waals surface area contributed by atoms with E-state index >= 15 is 0 Å². The van der Waals surface area contributed by atoms with Crippen molar-refractivity contribution < 1.29 is 14.3 Å². The van der Waals surface area contributed by atoms with Gasteiger partial charge in [0.05, 0.1) is 31.1 Å². The molecule has 0 atom stereocenters. The first-order valence-electron chi connectivity index (χ1n) is 13.7. The number of rotatable bonds is 15. The number of aromatic nitrogens is 2. The highest BCUT2D eigenvalue weighted by atomic mass is 16.5. The summed E-state index contributed by atoms with van der Waals surface area (Å²) in [7, 11) is 1.66. The number of amides is 1. The predicted molar refractivity (Wildman–Crippen MR) is 158 cm³/mol.